The van der Waals surface area contributed by atoms with Crippen molar-refractivity contribution in [2.75, 3.05) is 40.4 Å². The minimum atomic E-state index is -0.0333. The van der Waals surface area contributed by atoms with Crippen LogP contribution >= 0.6 is 15.9 Å². The average molecular weight is 358 g/mol. The summed E-state index contributed by atoms with van der Waals surface area (Å²) in [4.78, 5) is 13.2. The second kappa shape index (κ2) is 7.51. The summed E-state index contributed by atoms with van der Waals surface area (Å²) >= 11 is 3.51. The van der Waals surface area contributed by atoms with Gasteiger partial charge in [0.15, 0.2) is 11.5 Å². The molecule has 1 heterocycles. The second-order valence-electron chi connectivity index (χ2n) is 4.71. The first kappa shape index (κ1) is 15.9. The molecule has 7 heteroatoms. The first-order chi connectivity index (χ1) is 10.2. The summed E-state index contributed by atoms with van der Waals surface area (Å²) < 4.78 is 12.0. The number of nitrogens with zero attached hydrogens (tertiary/aromatic N) is 1. The molecule has 1 aromatic carbocycles. The topological polar surface area (TPSA) is 62.8 Å². The van der Waals surface area contributed by atoms with Crippen LogP contribution in [-0.2, 0) is 6.54 Å². The summed E-state index contributed by atoms with van der Waals surface area (Å²) in [5, 5.41) is 5.86. The van der Waals surface area contributed by atoms with Crippen LogP contribution in [0.4, 0.5) is 4.79 Å². The highest BCUT2D eigenvalue weighted by Crippen LogP contribution is 2.36. The quantitative estimate of drug-likeness (QED) is 0.777. The molecule has 116 valence electrons. The van der Waals surface area contributed by atoms with E-state index in [1.807, 2.05) is 19.2 Å². The Morgan fingerprint density at radius 3 is 2.90 bits per heavy atom. The maximum absolute atomic E-state index is 11.4. The maximum atomic E-state index is 11.4. The zero-order valence-electron chi connectivity index (χ0n) is 12.2. The van der Waals surface area contributed by atoms with Gasteiger partial charge in [0.25, 0.3) is 0 Å². The molecular formula is C14H20BrN3O3. The van der Waals surface area contributed by atoms with Crippen LogP contribution < -0.4 is 20.1 Å². The third-order valence-electron chi connectivity index (χ3n) is 3.22. The van der Waals surface area contributed by atoms with Crippen LogP contribution in [0.5, 0.6) is 11.5 Å². The smallest absolute Gasteiger partial charge is 0.317 e. The van der Waals surface area contributed by atoms with Crippen LogP contribution in [-0.4, -0.2) is 51.3 Å². The van der Waals surface area contributed by atoms with Crippen LogP contribution in [0.25, 0.3) is 0 Å². The molecule has 0 radical (unpaired) electrons. The van der Waals surface area contributed by atoms with Gasteiger partial charge in [-0.2, -0.15) is 0 Å². The Kier molecular flexibility index (Phi) is 5.69. The van der Waals surface area contributed by atoms with E-state index in [4.69, 9.17) is 9.47 Å². The van der Waals surface area contributed by atoms with E-state index < -0.39 is 0 Å². The Morgan fingerprint density at radius 1 is 1.48 bits per heavy atom. The number of nitrogens with one attached hydrogen (secondary N) is 2. The molecule has 0 aliphatic carbocycles. The summed E-state index contributed by atoms with van der Waals surface area (Å²) in [6.45, 7) is 3.16. The number of hydrogen-bond donors (Lipinski definition) is 2. The fourth-order valence-corrected chi connectivity index (χ4v) is 2.81. The Hall–Kier alpha value is -1.47. The van der Waals surface area contributed by atoms with Crippen molar-refractivity contribution in [2.24, 2.45) is 0 Å². The van der Waals surface area contributed by atoms with Crippen molar-refractivity contribution in [1.29, 1.82) is 0 Å². The number of amides is 2. The SMILES string of the molecule is CNCc1cc(Br)c(OCCN2CCNC2=O)c(OC)c1. The summed E-state index contributed by atoms with van der Waals surface area (Å²) in [6.07, 6.45) is 0. The van der Waals surface area contributed by atoms with Gasteiger partial charge in [0, 0.05) is 19.6 Å². The van der Waals surface area contributed by atoms with Gasteiger partial charge in [0.05, 0.1) is 18.1 Å². The molecule has 0 atom stereocenters. The summed E-state index contributed by atoms with van der Waals surface area (Å²) in [7, 11) is 3.51. The van der Waals surface area contributed by atoms with E-state index in [1.54, 1.807) is 12.0 Å². The molecule has 2 N–H and O–H groups in total. The first-order valence-electron chi connectivity index (χ1n) is 6.82. The standard InChI is InChI=1S/C14H20BrN3O3/c1-16-9-10-7-11(15)13(12(8-10)20-2)21-6-5-18-4-3-17-14(18)19/h7-8,16H,3-6,9H2,1-2H3,(H,17,19). The molecule has 0 aromatic heterocycles. The van der Waals surface area contributed by atoms with E-state index in [2.05, 4.69) is 26.6 Å². The van der Waals surface area contributed by atoms with E-state index in [0.717, 1.165) is 23.1 Å². The van der Waals surface area contributed by atoms with Crippen LogP contribution in [0.1, 0.15) is 5.56 Å². The minimum Gasteiger partial charge on any atom is -0.493 e. The lowest BCUT2D eigenvalue weighted by Crippen LogP contribution is -2.31. The molecule has 0 saturated carbocycles. The molecule has 0 bridgehead atoms. The van der Waals surface area contributed by atoms with E-state index in [9.17, 15) is 4.79 Å². The van der Waals surface area contributed by atoms with E-state index in [0.29, 0.717) is 31.2 Å². The van der Waals surface area contributed by atoms with Gasteiger partial charge < -0.3 is 25.0 Å². The average Bonchev–Trinajstić information content (AvgIpc) is 2.86. The van der Waals surface area contributed by atoms with Crippen molar-refractivity contribution in [3.8, 4) is 11.5 Å². The van der Waals surface area contributed by atoms with Gasteiger partial charge in [-0.05, 0) is 40.7 Å². The van der Waals surface area contributed by atoms with E-state index in [1.165, 1.54) is 0 Å². The number of benzene rings is 1. The van der Waals surface area contributed by atoms with Gasteiger partial charge in [-0.3, -0.25) is 0 Å². The molecule has 1 aliphatic rings. The number of carbonyl (C=O) groups excluding carboxylic acids is 1. The number of carbonyl (C=O) groups is 1. The Morgan fingerprint density at radius 2 is 2.29 bits per heavy atom. The Balaban J connectivity index is 2.00. The normalized spacial score (nSPS) is 14.2. The van der Waals surface area contributed by atoms with E-state index in [-0.39, 0.29) is 6.03 Å². The summed E-state index contributed by atoms with van der Waals surface area (Å²) in [5.41, 5.74) is 1.10. The lowest BCUT2D eigenvalue weighted by molar-refractivity contribution is 0.200. The van der Waals surface area contributed by atoms with Crippen molar-refractivity contribution < 1.29 is 14.3 Å². The van der Waals surface area contributed by atoms with Crippen LogP contribution in [0.2, 0.25) is 0 Å². The van der Waals surface area contributed by atoms with Crippen LogP contribution in [0.15, 0.2) is 16.6 Å². The van der Waals surface area contributed by atoms with Gasteiger partial charge in [0.2, 0.25) is 0 Å². The van der Waals surface area contributed by atoms with Crippen molar-refractivity contribution in [3.63, 3.8) is 0 Å². The number of methoxy groups -OCH3 is 1. The molecule has 2 amide bonds. The van der Waals surface area contributed by atoms with Gasteiger partial charge in [-0.1, -0.05) is 0 Å². The third-order valence-corrected chi connectivity index (χ3v) is 3.81. The highest BCUT2D eigenvalue weighted by molar-refractivity contribution is 9.10. The highest BCUT2D eigenvalue weighted by Gasteiger charge is 2.19. The molecule has 0 unspecified atom stereocenters. The Labute approximate surface area is 132 Å². The molecule has 1 saturated heterocycles. The fourth-order valence-electron chi connectivity index (χ4n) is 2.20. The lowest BCUT2D eigenvalue weighted by Gasteiger charge is -2.17. The van der Waals surface area contributed by atoms with Gasteiger partial charge in [-0.25, -0.2) is 4.79 Å². The largest absolute Gasteiger partial charge is 0.493 e. The van der Waals surface area contributed by atoms with Crippen molar-refractivity contribution >= 4 is 22.0 Å². The Bertz CT molecular complexity index is 510. The van der Waals surface area contributed by atoms with Crippen molar-refractivity contribution in [1.82, 2.24) is 15.5 Å². The van der Waals surface area contributed by atoms with Crippen LogP contribution in [0.3, 0.4) is 0 Å². The van der Waals surface area contributed by atoms with Gasteiger partial charge >= 0.3 is 6.03 Å². The first-order valence-corrected chi connectivity index (χ1v) is 7.61. The number of halogens is 1. The second-order valence-corrected chi connectivity index (χ2v) is 5.56. The monoisotopic (exact) mass is 357 g/mol. The van der Waals surface area contributed by atoms with Crippen molar-refractivity contribution in [2.45, 2.75) is 6.54 Å². The molecule has 2 rings (SSSR count). The lowest BCUT2D eigenvalue weighted by atomic mass is 10.2. The van der Waals surface area contributed by atoms with Crippen molar-refractivity contribution in [3.05, 3.63) is 22.2 Å². The molecule has 0 spiro atoms. The number of urea groups is 1. The molecule has 1 fully saturated rings. The summed E-state index contributed by atoms with van der Waals surface area (Å²) in [6, 6.07) is 3.91. The van der Waals surface area contributed by atoms with E-state index >= 15 is 0 Å². The fraction of sp³-hybridized carbons (Fsp3) is 0.500. The predicted molar refractivity (Wildman–Crippen MR) is 83.9 cm³/mol. The van der Waals surface area contributed by atoms with Crippen LogP contribution in [0, 0.1) is 0 Å². The highest BCUT2D eigenvalue weighted by atomic mass is 79.9. The predicted octanol–water partition coefficient (Wildman–Crippen LogP) is 1.58. The molecule has 6 nitrogen and oxygen atoms in total. The molecule has 1 aliphatic heterocycles. The number of rotatable bonds is 7. The van der Waals surface area contributed by atoms with Gasteiger partial charge in [-0.15, -0.1) is 0 Å². The number of hydrogen-bond acceptors (Lipinski definition) is 4. The third kappa shape index (κ3) is 4.01. The molecule has 1 aromatic rings. The zero-order chi connectivity index (χ0) is 15.2. The minimum absolute atomic E-state index is 0.0333. The van der Waals surface area contributed by atoms with Gasteiger partial charge in [0.1, 0.15) is 6.61 Å². The molecule has 21 heavy (non-hydrogen) atoms. The molecular weight excluding hydrogens is 338 g/mol. The zero-order valence-corrected chi connectivity index (χ0v) is 13.8. The summed E-state index contributed by atoms with van der Waals surface area (Å²) in [5.74, 6) is 1.34. The maximum Gasteiger partial charge on any atom is 0.317 e. The number of ether oxygens (including phenoxy) is 2.